The van der Waals surface area contributed by atoms with E-state index in [1.807, 2.05) is 0 Å². The van der Waals surface area contributed by atoms with Crippen molar-refractivity contribution >= 4 is 16.0 Å². The van der Waals surface area contributed by atoms with Gasteiger partial charge in [0.15, 0.2) is 5.75 Å². The molecule has 14 heavy (non-hydrogen) atoms. The summed E-state index contributed by atoms with van der Waals surface area (Å²) in [6.07, 6.45) is 1.36. The predicted octanol–water partition coefficient (Wildman–Crippen LogP) is -0.611. The lowest BCUT2D eigenvalue weighted by Crippen LogP contribution is -2.38. The number of hydrogen-bond acceptors (Lipinski definition) is 4. The van der Waals surface area contributed by atoms with Gasteiger partial charge in [-0.1, -0.05) is 0 Å². The molecule has 0 amide bonds. The fraction of sp³-hybridized carbons (Fsp3) is 0.714. The van der Waals surface area contributed by atoms with Gasteiger partial charge in [0, 0.05) is 6.04 Å². The highest BCUT2D eigenvalue weighted by Crippen LogP contribution is 2.28. The van der Waals surface area contributed by atoms with Crippen LogP contribution in [0.15, 0.2) is 0 Å². The zero-order chi connectivity index (χ0) is 10.8. The van der Waals surface area contributed by atoms with E-state index in [0.717, 1.165) is 4.31 Å². The first-order valence-corrected chi connectivity index (χ1v) is 5.66. The third-order valence-corrected chi connectivity index (χ3v) is 3.49. The molecule has 1 N–H and O–H groups in total. The van der Waals surface area contributed by atoms with Crippen molar-refractivity contribution < 1.29 is 18.3 Å². The number of aliphatic carboxylic acids is 1. The summed E-state index contributed by atoms with van der Waals surface area (Å²) in [5, 5.41) is 16.8. The first kappa shape index (κ1) is 10.9. The molecule has 0 saturated heterocycles. The minimum Gasteiger partial charge on any atom is -0.480 e. The average Bonchev–Trinajstić information content (AvgIpc) is 2.81. The van der Waals surface area contributed by atoms with Crippen LogP contribution in [-0.2, 0) is 14.8 Å². The van der Waals surface area contributed by atoms with E-state index >= 15 is 0 Å². The number of carboxylic acid groups (broad SMARTS) is 1. The first-order chi connectivity index (χ1) is 6.47. The maximum Gasteiger partial charge on any atom is 0.318 e. The molecule has 0 aromatic carbocycles. The summed E-state index contributed by atoms with van der Waals surface area (Å²) < 4.78 is 23.7. The van der Waals surface area contributed by atoms with E-state index in [1.54, 1.807) is 0 Å². The summed E-state index contributed by atoms with van der Waals surface area (Å²) >= 11 is 0. The molecule has 1 aliphatic rings. The highest BCUT2D eigenvalue weighted by atomic mass is 32.2. The summed E-state index contributed by atoms with van der Waals surface area (Å²) in [4.78, 5) is 10.4. The minimum absolute atomic E-state index is 0.218. The zero-order valence-corrected chi connectivity index (χ0v) is 8.20. The second-order valence-electron chi connectivity index (χ2n) is 3.08. The van der Waals surface area contributed by atoms with Gasteiger partial charge in [-0.3, -0.25) is 4.79 Å². The molecule has 1 fully saturated rings. The van der Waals surface area contributed by atoms with Gasteiger partial charge in [0.2, 0.25) is 10.0 Å². The number of sulfonamides is 1. The van der Waals surface area contributed by atoms with Crippen molar-refractivity contribution in [2.24, 2.45) is 0 Å². The molecule has 0 aromatic heterocycles. The summed E-state index contributed by atoms with van der Waals surface area (Å²) in [5.74, 6) is -1.85. The Labute approximate surface area is 81.8 Å². The van der Waals surface area contributed by atoms with Gasteiger partial charge in [-0.2, -0.15) is 9.57 Å². The standard InChI is InChI=1S/C7H10N2O4S/c8-3-4-14(12,13)9(5-7(10)11)6-1-2-6/h6H,1-2,4-5H2,(H,10,11). The molecule has 0 heterocycles. The molecule has 1 saturated carbocycles. The van der Waals surface area contributed by atoms with Crippen LogP contribution in [0.1, 0.15) is 12.8 Å². The molecule has 6 nitrogen and oxygen atoms in total. The molecule has 7 heteroatoms. The van der Waals surface area contributed by atoms with Crippen molar-refractivity contribution in [1.82, 2.24) is 4.31 Å². The Hall–Kier alpha value is -1.13. The number of nitrogens with zero attached hydrogens (tertiary/aromatic N) is 2. The molecule has 0 aromatic rings. The maximum atomic E-state index is 11.4. The second-order valence-corrected chi connectivity index (χ2v) is 5.01. The van der Waals surface area contributed by atoms with Crippen molar-refractivity contribution in [3.8, 4) is 6.07 Å². The van der Waals surface area contributed by atoms with E-state index in [1.165, 1.54) is 6.07 Å². The fourth-order valence-electron chi connectivity index (χ4n) is 1.11. The third-order valence-electron chi connectivity index (χ3n) is 1.85. The molecule has 0 unspecified atom stereocenters. The normalized spacial score (nSPS) is 16.6. The van der Waals surface area contributed by atoms with Crippen LogP contribution < -0.4 is 0 Å². The van der Waals surface area contributed by atoms with Crippen LogP contribution in [0, 0.1) is 11.3 Å². The van der Waals surface area contributed by atoms with Gasteiger partial charge in [0.05, 0.1) is 6.07 Å². The van der Waals surface area contributed by atoms with E-state index in [9.17, 15) is 13.2 Å². The number of carbonyl (C=O) groups is 1. The average molecular weight is 218 g/mol. The molecular formula is C7H10N2O4S. The Morgan fingerprint density at radius 3 is 2.50 bits per heavy atom. The van der Waals surface area contributed by atoms with E-state index in [-0.39, 0.29) is 6.04 Å². The molecule has 1 aliphatic carbocycles. The van der Waals surface area contributed by atoms with Gasteiger partial charge in [-0.15, -0.1) is 0 Å². The number of nitriles is 1. The van der Waals surface area contributed by atoms with Gasteiger partial charge in [0.25, 0.3) is 0 Å². The summed E-state index contributed by atoms with van der Waals surface area (Å²) in [6.45, 7) is -0.547. The van der Waals surface area contributed by atoms with Crippen LogP contribution in [0.2, 0.25) is 0 Å². The molecule has 0 radical (unpaired) electrons. The summed E-state index contributed by atoms with van der Waals surface area (Å²) in [5.41, 5.74) is 0. The number of carboxylic acids is 1. The summed E-state index contributed by atoms with van der Waals surface area (Å²) in [7, 11) is -3.71. The van der Waals surface area contributed by atoms with Crippen molar-refractivity contribution in [2.75, 3.05) is 12.3 Å². The molecule has 0 atom stereocenters. The Balaban J connectivity index is 2.77. The van der Waals surface area contributed by atoms with Crippen LogP contribution in [-0.4, -0.2) is 42.1 Å². The Morgan fingerprint density at radius 1 is 1.57 bits per heavy atom. The Bertz CT molecular complexity index is 366. The van der Waals surface area contributed by atoms with Crippen LogP contribution in [0.5, 0.6) is 0 Å². The first-order valence-electron chi connectivity index (χ1n) is 4.05. The minimum atomic E-state index is -3.71. The maximum absolute atomic E-state index is 11.4. The molecular weight excluding hydrogens is 208 g/mol. The quantitative estimate of drug-likeness (QED) is 0.663. The highest BCUT2D eigenvalue weighted by Gasteiger charge is 2.38. The zero-order valence-electron chi connectivity index (χ0n) is 7.38. The van der Waals surface area contributed by atoms with Crippen molar-refractivity contribution in [3.63, 3.8) is 0 Å². The molecule has 78 valence electrons. The van der Waals surface area contributed by atoms with E-state index in [2.05, 4.69) is 0 Å². The van der Waals surface area contributed by atoms with Gasteiger partial charge in [-0.25, -0.2) is 8.42 Å². The fourth-order valence-corrected chi connectivity index (χ4v) is 2.42. The van der Waals surface area contributed by atoms with Crippen LogP contribution in [0.4, 0.5) is 0 Å². The second kappa shape index (κ2) is 3.94. The van der Waals surface area contributed by atoms with Crippen molar-refractivity contribution in [1.29, 1.82) is 5.26 Å². The Morgan fingerprint density at radius 2 is 2.14 bits per heavy atom. The third kappa shape index (κ3) is 2.68. The molecule has 0 bridgehead atoms. The van der Waals surface area contributed by atoms with E-state index < -0.39 is 28.3 Å². The number of rotatable bonds is 5. The monoisotopic (exact) mass is 218 g/mol. The van der Waals surface area contributed by atoms with Gasteiger partial charge >= 0.3 is 5.97 Å². The highest BCUT2D eigenvalue weighted by molar-refractivity contribution is 7.89. The smallest absolute Gasteiger partial charge is 0.318 e. The van der Waals surface area contributed by atoms with Crippen molar-refractivity contribution in [2.45, 2.75) is 18.9 Å². The summed E-state index contributed by atoms with van der Waals surface area (Å²) in [6, 6.07) is 1.30. The lowest BCUT2D eigenvalue weighted by atomic mass is 10.6. The SMILES string of the molecule is N#CCS(=O)(=O)N(CC(=O)O)C1CC1. The predicted molar refractivity (Wildman–Crippen MR) is 46.8 cm³/mol. The van der Waals surface area contributed by atoms with Crippen LogP contribution >= 0.6 is 0 Å². The largest absolute Gasteiger partial charge is 0.480 e. The van der Waals surface area contributed by atoms with Gasteiger partial charge in [0.1, 0.15) is 6.54 Å². The Kier molecular flexibility index (Phi) is 3.08. The van der Waals surface area contributed by atoms with Crippen molar-refractivity contribution in [3.05, 3.63) is 0 Å². The van der Waals surface area contributed by atoms with Crippen LogP contribution in [0.25, 0.3) is 0 Å². The topological polar surface area (TPSA) is 98.5 Å². The van der Waals surface area contributed by atoms with E-state index in [0.29, 0.717) is 12.8 Å². The van der Waals surface area contributed by atoms with Crippen LogP contribution in [0.3, 0.4) is 0 Å². The number of hydrogen-bond donors (Lipinski definition) is 1. The molecule has 0 aliphatic heterocycles. The van der Waals surface area contributed by atoms with E-state index in [4.69, 9.17) is 10.4 Å². The molecule has 1 rings (SSSR count). The lowest BCUT2D eigenvalue weighted by molar-refractivity contribution is -0.137. The van der Waals surface area contributed by atoms with Gasteiger partial charge < -0.3 is 5.11 Å². The molecule has 0 spiro atoms. The lowest BCUT2D eigenvalue weighted by Gasteiger charge is -2.17. The van der Waals surface area contributed by atoms with Gasteiger partial charge in [-0.05, 0) is 12.8 Å².